The van der Waals surface area contributed by atoms with Crippen LogP contribution in [-0.4, -0.2) is 43.1 Å². The molecule has 4 amide bonds. The predicted molar refractivity (Wildman–Crippen MR) is 159 cm³/mol. The summed E-state index contributed by atoms with van der Waals surface area (Å²) in [5, 5.41) is 2.98. The van der Waals surface area contributed by atoms with Gasteiger partial charge in [0.1, 0.15) is 12.2 Å². The van der Waals surface area contributed by atoms with Crippen molar-refractivity contribution in [3.05, 3.63) is 86.9 Å². The number of methoxy groups -OCH3 is 1. The Kier molecular flexibility index (Phi) is 10.3. The van der Waals surface area contributed by atoms with Crippen molar-refractivity contribution in [3.63, 3.8) is 0 Å². The van der Waals surface area contributed by atoms with Crippen molar-refractivity contribution in [1.29, 1.82) is 0 Å². The Bertz CT molecular complexity index is 1520. The number of carbonyl (C=O) groups excluding carboxylic acids is 3. The molecule has 3 aromatic rings. The molecule has 1 saturated heterocycles. The van der Waals surface area contributed by atoms with Crippen LogP contribution in [0.4, 0.5) is 4.79 Å². The second-order valence-electron chi connectivity index (χ2n) is 9.19. The van der Waals surface area contributed by atoms with E-state index in [-0.39, 0.29) is 29.5 Å². The number of hydrogen-bond acceptors (Lipinski definition) is 7. The van der Waals surface area contributed by atoms with E-state index in [1.54, 1.807) is 43.3 Å². The van der Waals surface area contributed by atoms with Gasteiger partial charge in [0.2, 0.25) is 0 Å². The largest absolute Gasteiger partial charge is 0.493 e. The molecule has 0 aromatic heterocycles. The number of hydrogen-bond donors (Lipinski definition) is 1. The van der Waals surface area contributed by atoms with Gasteiger partial charge in [0.25, 0.3) is 11.8 Å². The number of urea groups is 1. The van der Waals surface area contributed by atoms with Crippen LogP contribution in [0.3, 0.4) is 0 Å². The van der Waals surface area contributed by atoms with Crippen molar-refractivity contribution in [2.75, 3.05) is 20.3 Å². The smallest absolute Gasteiger partial charge is 0.331 e. The van der Waals surface area contributed by atoms with Crippen LogP contribution < -0.4 is 24.3 Å². The molecule has 1 aliphatic rings. The van der Waals surface area contributed by atoms with Crippen molar-refractivity contribution >= 4 is 47.1 Å². The first-order chi connectivity index (χ1) is 20.2. The van der Waals surface area contributed by atoms with Crippen LogP contribution in [0, 0.1) is 0 Å². The van der Waals surface area contributed by atoms with Gasteiger partial charge in [-0.3, -0.25) is 19.8 Å². The number of rotatable bonds is 12. The van der Waals surface area contributed by atoms with E-state index >= 15 is 0 Å². The van der Waals surface area contributed by atoms with Crippen LogP contribution >= 0.6 is 23.2 Å². The number of carbonyl (C=O) groups is 3. The van der Waals surface area contributed by atoms with Gasteiger partial charge in [-0.2, -0.15) is 0 Å². The fourth-order valence-electron chi connectivity index (χ4n) is 4.17. The Morgan fingerprint density at radius 2 is 1.67 bits per heavy atom. The van der Waals surface area contributed by atoms with Crippen molar-refractivity contribution in [3.8, 4) is 23.0 Å². The average Bonchev–Trinajstić information content (AvgIpc) is 2.97. The lowest BCUT2D eigenvalue weighted by Crippen LogP contribution is -2.53. The molecule has 3 aromatic carbocycles. The fourth-order valence-corrected chi connectivity index (χ4v) is 4.63. The van der Waals surface area contributed by atoms with Gasteiger partial charge in [-0.15, -0.1) is 0 Å². The third-order valence-electron chi connectivity index (χ3n) is 6.19. The molecular weight excluding hydrogens is 583 g/mol. The first kappa shape index (κ1) is 30.7. The summed E-state index contributed by atoms with van der Waals surface area (Å²) in [4.78, 5) is 39.7. The highest BCUT2D eigenvalue weighted by Crippen LogP contribution is 2.38. The van der Waals surface area contributed by atoms with Crippen LogP contribution in [-0.2, 0) is 22.7 Å². The maximum Gasteiger partial charge on any atom is 0.331 e. The summed E-state index contributed by atoms with van der Waals surface area (Å²) in [6.07, 6.45) is 2.18. The Labute approximate surface area is 253 Å². The van der Waals surface area contributed by atoms with Gasteiger partial charge in [-0.1, -0.05) is 54.4 Å². The quantitative estimate of drug-likeness (QED) is 0.186. The minimum absolute atomic E-state index is 0.0977. The van der Waals surface area contributed by atoms with E-state index in [0.29, 0.717) is 46.6 Å². The maximum atomic E-state index is 13.4. The Hall–Kier alpha value is -4.21. The topological polar surface area (TPSA) is 103 Å². The zero-order valence-corrected chi connectivity index (χ0v) is 24.9. The summed E-state index contributed by atoms with van der Waals surface area (Å²) >= 11 is 12.8. The van der Waals surface area contributed by atoms with Gasteiger partial charge in [-0.25, -0.2) is 4.79 Å². The number of barbiturate groups is 1. The van der Waals surface area contributed by atoms with Crippen LogP contribution in [0.25, 0.3) is 6.08 Å². The molecule has 0 unspecified atom stereocenters. The second-order valence-corrected chi connectivity index (χ2v) is 10.00. The van der Waals surface area contributed by atoms with E-state index in [0.717, 1.165) is 16.9 Å². The second kappa shape index (κ2) is 14.1. The molecule has 11 heteroatoms. The summed E-state index contributed by atoms with van der Waals surface area (Å²) in [5.74, 6) is 0.0367. The minimum atomic E-state index is -0.830. The van der Waals surface area contributed by atoms with E-state index in [4.69, 9.17) is 42.1 Å². The number of benzene rings is 3. The van der Waals surface area contributed by atoms with Crippen LogP contribution in [0.2, 0.25) is 10.0 Å². The predicted octanol–water partition coefficient (Wildman–Crippen LogP) is 6.43. The molecule has 220 valence electrons. The van der Waals surface area contributed by atoms with E-state index < -0.39 is 17.8 Å². The van der Waals surface area contributed by atoms with Crippen molar-refractivity contribution in [2.24, 2.45) is 0 Å². The highest BCUT2D eigenvalue weighted by molar-refractivity contribution is 6.33. The van der Waals surface area contributed by atoms with E-state index in [9.17, 15) is 14.4 Å². The van der Waals surface area contributed by atoms with Gasteiger partial charge in [0, 0.05) is 10.6 Å². The fraction of sp³-hybridized carbons (Fsp3) is 0.258. The molecule has 0 aliphatic carbocycles. The van der Waals surface area contributed by atoms with Crippen LogP contribution in [0.1, 0.15) is 37.0 Å². The summed E-state index contributed by atoms with van der Waals surface area (Å²) in [6, 6.07) is 14.7. The summed E-state index contributed by atoms with van der Waals surface area (Å²) in [5.41, 5.74) is 1.53. The van der Waals surface area contributed by atoms with Crippen molar-refractivity contribution in [1.82, 2.24) is 10.2 Å². The minimum Gasteiger partial charge on any atom is -0.493 e. The number of imide groups is 2. The first-order valence-electron chi connectivity index (χ1n) is 13.3. The van der Waals surface area contributed by atoms with Crippen LogP contribution in [0.5, 0.6) is 23.0 Å². The molecule has 0 atom stereocenters. The molecule has 1 N–H and O–H groups in total. The third-order valence-corrected chi connectivity index (χ3v) is 6.84. The average molecular weight is 613 g/mol. The molecule has 9 nitrogen and oxygen atoms in total. The van der Waals surface area contributed by atoms with E-state index in [1.807, 2.05) is 25.1 Å². The lowest BCUT2D eigenvalue weighted by molar-refractivity contribution is -0.130. The first-order valence-corrected chi connectivity index (χ1v) is 14.0. The Morgan fingerprint density at radius 1 is 0.881 bits per heavy atom. The molecule has 0 bridgehead atoms. The van der Waals surface area contributed by atoms with Gasteiger partial charge in [0.15, 0.2) is 23.0 Å². The molecule has 0 saturated carbocycles. The van der Waals surface area contributed by atoms with E-state index in [2.05, 4.69) is 5.32 Å². The van der Waals surface area contributed by atoms with E-state index in [1.165, 1.54) is 13.2 Å². The van der Waals surface area contributed by atoms with Gasteiger partial charge in [0.05, 0.1) is 31.9 Å². The summed E-state index contributed by atoms with van der Waals surface area (Å²) in [6.45, 7) is 4.67. The highest BCUT2D eigenvalue weighted by Gasteiger charge is 2.36. The lowest BCUT2D eigenvalue weighted by Gasteiger charge is -2.26. The monoisotopic (exact) mass is 612 g/mol. The summed E-state index contributed by atoms with van der Waals surface area (Å²) in [7, 11) is 1.50. The highest BCUT2D eigenvalue weighted by atomic mass is 35.5. The molecule has 42 heavy (non-hydrogen) atoms. The number of nitrogens with zero attached hydrogens (tertiary/aromatic N) is 1. The number of ether oxygens (including phenoxy) is 4. The zero-order valence-electron chi connectivity index (χ0n) is 23.4. The standard InChI is InChI=1S/C31H30Cl2N2O7/c1-4-12-41-25-11-10-19(15-26(25)39-3)17-35-30(37)22(29(36)34-31(35)38)13-20-14-24(33)28(27(16-20)40-5-2)42-18-21-8-6-7-9-23(21)32/h6-11,13-16H,4-5,12,17-18H2,1-3H3,(H,34,36,38)/b22-13+. The molecule has 4 rings (SSSR count). The summed E-state index contributed by atoms with van der Waals surface area (Å²) < 4.78 is 22.8. The lowest BCUT2D eigenvalue weighted by atomic mass is 10.1. The zero-order chi connectivity index (χ0) is 30.2. The number of amides is 4. The van der Waals surface area contributed by atoms with Crippen LogP contribution in [0.15, 0.2) is 60.2 Å². The molecule has 1 heterocycles. The Balaban J connectivity index is 1.59. The SMILES string of the molecule is CCCOc1ccc(CN2C(=O)NC(=O)/C(=C\c3cc(Cl)c(OCc4ccccc4Cl)c(OCC)c3)C2=O)cc1OC. The maximum absolute atomic E-state index is 13.4. The molecular formula is C31H30Cl2N2O7. The molecule has 1 aliphatic heterocycles. The number of nitrogens with one attached hydrogen (secondary N) is 1. The third kappa shape index (κ3) is 7.16. The van der Waals surface area contributed by atoms with Crippen molar-refractivity contribution < 1.29 is 33.3 Å². The molecule has 0 spiro atoms. The molecule has 0 radical (unpaired) electrons. The van der Waals surface area contributed by atoms with Gasteiger partial charge >= 0.3 is 6.03 Å². The number of halogens is 2. The molecule has 1 fully saturated rings. The van der Waals surface area contributed by atoms with Gasteiger partial charge in [-0.05, 0) is 60.9 Å². The van der Waals surface area contributed by atoms with Gasteiger partial charge < -0.3 is 18.9 Å². The Morgan fingerprint density at radius 3 is 2.38 bits per heavy atom. The van der Waals surface area contributed by atoms with Crippen molar-refractivity contribution in [2.45, 2.75) is 33.4 Å². The normalized spacial score (nSPS) is 14.2.